The molecule has 0 unspecified atom stereocenters. The lowest BCUT2D eigenvalue weighted by Gasteiger charge is -2.07. The molecule has 0 spiro atoms. The summed E-state index contributed by atoms with van der Waals surface area (Å²) in [7, 11) is 0. The molecule has 0 amide bonds. The Labute approximate surface area is 178 Å². The lowest BCUT2D eigenvalue weighted by Crippen LogP contribution is -1.92. The van der Waals surface area contributed by atoms with E-state index in [9.17, 15) is 5.11 Å². The number of benzene rings is 3. The smallest absolute Gasteiger partial charge is 0.250 e. The number of hydrogen-bond acceptors (Lipinski definition) is 4. The molecule has 0 aliphatic rings. The zero-order valence-electron chi connectivity index (χ0n) is 15.1. The van der Waals surface area contributed by atoms with Crippen LogP contribution in [0.1, 0.15) is 5.56 Å². The van der Waals surface area contributed by atoms with Gasteiger partial charge in [0.2, 0.25) is 5.95 Å². The highest BCUT2D eigenvalue weighted by molar-refractivity contribution is 6.30. The summed E-state index contributed by atoms with van der Waals surface area (Å²) in [6.07, 6.45) is 1.69. The van der Waals surface area contributed by atoms with Crippen LogP contribution >= 0.6 is 23.2 Å². The molecule has 4 aromatic rings. The highest BCUT2D eigenvalue weighted by atomic mass is 35.5. The molecule has 142 valence electrons. The second-order valence-corrected chi connectivity index (χ2v) is 7.17. The summed E-state index contributed by atoms with van der Waals surface area (Å²) in [4.78, 5) is 13.6. The van der Waals surface area contributed by atoms with Crippen LogP contribution in [-0.2, 0) is 0 Å². The molecule has 0 radical (unpaired) electrons. The number of hydrogen-bond donors (Lipinski definition) is 1. The van der Waals surface area contributed by atoms with Gasteiger partial charge in [0.05, 0.1) is 11.4 Å². The molecule has 1 N–H and O–H groups in total. The zero-order chi connectivity index (χ0) is 20.2. The molecule has 4 rings (SSSR count). The molecular weight excluding hydrogens is 405 g/mol. The monoisotopic (exact) mass is 419 g/mol. The summed E-state index contributed by atoms with van der Waals surface area (Å²) in [5, 5.41) is 10.9. The molecule has 0 aliphatic heterocycles. The van der Waals surface area contributed by atoms with Crippen molar-refractivity contribution in [1.29, 1.82) is 0 Å². The Balaban J connectivity index is 1.77. The van der Waals surface area contributed by atoms with Gasteiger partial charge in [-0.2, -0.15) is 0 Å². The van der Waals surface area contributed by atoms with Crippen molar-refractivity contribution in [1.82, 2.24) is 9.97 Å². The fourth-order valence-corrected chi connectivity index (χ4v) is 2.97. The van der Waals surface area contributed by atoms with Crippen LogP contribution in [-0.4, -0.2) is 21.3 Å². The Morgan fingerprint density at radius 3 is 1.72 bits per heavy atom. The third-order valence-electron chi connectivity index (χ3n) is 4.22. The predicted octanol–water partition coefficient (Wildman–Crippen LogP) is 6.57. The van der Waals surface area contributed by atoms with Crippen molar-refractivity contribution >= 4 is 35.4 Å². The van der Waals surface area contributed by atoms with Crippen LogP contribution in [0.5, 0.6) is 5.75 Å². The molecule has 1 heterocycles. The van der Waals surface area contributed by atoms with E-state index in [1.807, 2.05) is 42.5 Å². The van der Waals surface area contributed by atoms with E-state index in [0.29, 0.717) is 21.7 Å². The van der Waals surface area contributed by atoms with Gasteiger partial charge < -0.3 is 5.11 Å². The molecule has 6 heteroatoms. The summed E-state index contributed by atoms with van der Waals surface area (Å²) in [6.45, 7) is 0. The number of phenols is 1. The van der Waals surface area contributed by atoms with Gasteiger partial charge in [0.25, 0.3) is 0 Å². The maximum Gasteiger partial charge on any atom is 0.250 e. The third kappa shape index (κ3) is 4.80. The standard InChI is InChI=1S/C23H15Cl2N3O/c24-18-7-1-15(2-8-18)14-26-23-27-21(16-3-9-19(25)10-4-16)13-22(28-23)17-5-11-20(29)12-6-17/h1-14,29H/b26-14+. The SMILES string of the molecule is Oc1ccc(-c2cc(-c3ccc(Cl)cc3)nc(/N=C/c3ccc(Cl)cc3)n2)cc1. The first-order chi connectivity index (χ1) is 14.1. The maximum atomic E-state index is 9.57. The second-order valence-electron chi connectivity index (χ2n) is 6.30. The van der Waals surface area contributed by atoms with Gasteiger partial charge in [-0.3, -0.25) is 0 Å². The van der Waals surface area contributed by atoms with Gasteiger partial charge in [0, 0.05) is 27.4 Å². The molecule has 3 aromatic carbocycles. The fraction of sp³-hybridized carbons (Fsp3) is 0. The largest absolute Gasteiger partial charge is 0.508 e. The Morgan fingerprint density at radius 2 is 1.17 bits per heavy atom. The van der Waals surface area contributed by atoms with Gasteiger partial charge in [-0.15, -0.1) is 0 Å². The molecule has 1 aromatic heterocycles. The molecule has 0 saturated heterocycles. The maximum absolute atomic E-state index is 9.57. The lowest BCUT2D eigenvalue weighted by atomic mass is 10.1. The van der Waals surface area contributed by atoms with Crippen molar-refractivity contribution in [2.45, 2.75) is 0 Å². The summed E-state index contributed by atoms with van der Waals surface area (Å²) in [6, 6.07) is 23.5. The number of aromatic hydroxyl groups is 1. The van der Waals surface area contributed by atoms with E-state index in [4.69, 9.17) is 23.2 Å². The van der Waals surface area contributed by atoms with Gasteiger partial charge >= 0.3 is 0 Å². The predicted molar refractivity (Wildman–Crippen MR) is 118 cm³/mol. The molecule has 0 saturated carbocycles. The van der Waals surface area contributed by atoms with Crippen LogP contribution in [0.25, 0.3) is 22.5 Å². The van der Waals surface area contributed by atoms with Crippen molar-refractivity contribution in [2.75, 3.05) is 0 Å². The van der Waals surface area contributed by atoms with Crippen molar-refractivity contribution in [3.8, 4) is 28.3 Å². The number of nitrogens with zero attached hydrogens (tertiary/aromatic N) is 3. The Morgan fingerprint density at radius 1 is 0.690 bits per heavy atom. The molecular formula is C23H15Cl2N3O. The van der Waals surface area contributed by atoms with E-state index in [-0.39, 0.29) is 5.75 Å². The molecule has 0 aliphatic carbocycles. The summed E-state index contributed by atoms with van der Waals surface area (Å²) >= 11 is 11.9. The molecule has 4 nitrogen and oxygen atoms in total. The van der Waals surface area contributed by atoms with Gasteiger partial charge in [-0.25, -0.2) is 15.0 Å². The van der Waals surface area contributed by atoms with Gasteiger partial charge in [-0.05, 0) is 60.2 Å². The van der Waals surface area contributed by atoms with E-state index in [2.05, 4.69) is 15.0 Å². The van der Waals surface area contributed by atoms with Crippen molar-refractivity contribution in [3.05, 3.63) is 94.5 Å². The Bertz CT molecular complexity index is 1090. The van der Waals surface area contributed by atoms with E-state index in [1.54, 1.807) is 42.6 Å². The van der Waals surface area contributed by atoms with Crippen LogP contribution in [0.2, 0.25) is 10.0 Å². The van der Waals surface area contributed by atoms with E-state index in [0.717, 1.165) is 22.4 Å². The van der Waals surface area contributed by atoms with Gasteiger partial charge in [0.15, 0.2) is 0 Å². The molecule has 0 atom stereocenters. The molecule has 0 fully saturated rings. The molecule has 29 heavy (non-hydrogen) atoms. The highest BCUT2D eigenvalue weighted by Crippen LogP contribution is 2.28. The second kappa shape index (κ2) is 8.43. The lowest BCUT2D eigenvalue weighted by molar-refractivity contribution is 0.475. The van der Waals surface area contributed by atoms with Crippen LogP contribution in [0, 0.1) is 0 Å². The van der Waals surface area contributed by atoms with Crippen LogP contribution < -0.4 is 0 Å². The average Bonchev–Trinajstić information content (AvgIpc) is 2.74. The minimum absolute atomic E-state index is 0.196. The van der Waals surface area contributed by atoms with Gasteiger partial charge in [0.1, 0.15) is 5.75 Å². The summed E-state index contributed by atoms with van der Waals surface area (Å²) in [5.41, 5.74) is 4.07. The fourth-order valence-electron chi connectivity index (χ4n) is 2.72. The molecule has 0 bridgehead atoms. The summed E-state index contributed by atoms with van der Waals surface area (Å²) in [5.74, 6) is 0.525. The van der Waals surface area contributed by atoms with Crippen LogP contribution in [0.3, 0.4) is 0 Å². The van der Waals surface area contributed by atoms with E-state index in [1.165, 1.54) is 0 Å². The first-order valence-corrected chi connectivity index (χ1v) is 9.56. The van der Waals surface area contributed by atoms with Crippen LogP contribution in [0.15, 0.2) is 83.9 Å². The van der Waals surface area contributed by atoms with Gasteiger partial charge in [-0.1, -0.05) is 47.5 Å². The summed E-state index contributed by atoms with van der Waals surface area (Å²) < 4.78 is 0. The normalized spacial score (nSPS) is 11.1. The highest BCUT2D eigenvalue weighted by Gasteiger charge is 2.08. The topological polar surface area (TPSA) is 58.4 Å². The minimum Gasteiger partial charge on any atom is -0.508 e. The van der Waals surface area contributed by atoms with Crippen molar-refractivity contribution in [2.24, 2.45) is 4.99 Å². The minimum atomic E-state index is 0.196. The first-order valence-electron chi connectivity index (χ1n) is 8.81. The van der Waals surface area contributed by atoms with Crippen LogP contribution in [0.4, 0.5) is 5.95 Å². The first kappa shape index (κ1) is 19.1. The quantitative estimate of drug-likeness (QED) is 0.380. The number of rotatable bonds is 4. The van der Waals surface area contributed by atoms with E-state index >= 15 is 0 Å². The number of phenolic OH excluding ortho intramolecular Hbond substituents is 1. The van der Waals surface area contributed by atoms with Crippen molar-refractivity contribution < 1.29 is 5.11 Å². The number of aliphatic imine (C=N–C) groups is 1. The van der Waals surface area contributed by atoms with E-state index < -0.39 is 0 Å². The Hall–Kier alpha value is -3.21. The average molecular weight is 420 g/mol. The third-order valence-corrected chi connectivity index (χ3v) is 4.72. The number of halogens is 2. The Kier molecular flexibility index (Phi) is 5.56. The van der Waals surface area contributed by atoms with Crippen molar-refractivity contribution in [3.63, 3.8) is 0 Å². The number of aromatic nitrogens is 2. The zero-order valence-corrected chi connectivity index (χ0v) is 16.6.